The van der Waals surface area contributed by atoms with E-state index in [0.717, 1.165) is 22.9 Å². The lowest BCUT2D eigenvalue weighted by atomic mass is 10.1. The maximum absolute atomic E-state index is 12.3. The van der Waals surface area contributed by atoms with E-state index in [2.05, 4.69) is 43.6 Å². The van der Waals surface area contributed by atoms with E-state index >= 15 is 0 Å². The maximum atomic E-state index is 12.3. The minimum absolute atomic E-state index is 0.220. The summed E-state index contributed by atoms with van der Waals surface area (Å²) >= 11 is 6.44. The Kier molecular flexibility index (Phi) is 7.00. The summed E-state index contributed by atoms with van der Waals surface area (Å²) < 4.78 is 2.10. The lowest BCUT2D eigenvalue weighted by Gasteiger charge is -2.38. The molecule has 186 valence electrons. The van der Waals surface area contributed by atoms with Crippen LogP contribution in [0.5, 0.6) is 0 Å². The molecular formula is C25H32ClN7O2. The van der Waals surface area contributed by atoms with Crippen LogP contribution >= 0.6 is 11.6 Å². The predicted octanol–water partition coefficient (Wildman–Crippen LogP) is 4.05. The first kappa shape index (κ1) is 24.9. The number of benzene rings is 1. The average Bonchev–Trinajstić information content (AvgIpc) is 3.21. The number of aromatic nitrogens is 4. The first-order valence-electron chi connectivity index (χ1n) is 11.7. The molecule has 0 saturated carbocycles. The first-order valence-corrected chi connectivity index (χ1v) is 12.1. The van der Waals surface area contributed by atoms with E-state index in [9.17, 15) is 9.90 Å². The van der Waals surface area contributed by atoms with Gasteiger partial charge in [-0.3, -0.25) is 4.79 Å². The summed E-state index contributed by atoms with van der Waals surface area (Å²) in [5.74, 6) is 1.12. The summed E-state index contributed by atoms with van der Waals surface area (Å²) in [6.45, 7) is 11.8. The Hall–Kier alpha value is -3.17. The molecule has 4 rings (SSSR count). The molecule has 0 aliphatic carbocycles. The number of nitrogens with zero attached hydrogens (tertiary/aromatic N) is 6. The molecule has 3 aromatic rings. The zero-order valence-electron chi connectivity index (χ0n) is 20.8. The Morgan fingerprint density at radius 3 is 2.34 bits per heavy atom. The molecule has 0 spiro atoms. The van der Waals surface area contributed by atoms with Crippen LogP contribution in [0.3, 0.4) is 0 Å². The monoisotopic (exact) mass is 497 g/mol. The SMILES string of the molecule is Cc1ncc(-c2nc(Nc3ccc(N4CCN(C(=O)C(C)(C)O)CC4)cc3)ncc2Cl)n1C(C)C. The van der Waals surface area contributed by atoms with Crippen molar-refractivity contribution in [2.45, 2.75) is 46.3 Å². The van der Waals surface area contributed by atoms with E-state index in [4.69, 9.17) is 11.6 Å². The van der Waals surface area contributed by atoms with Crippen molar-refractivity contribution in [2.24, 2.45) is 0 Å². The van der Waals surface area contributed by atoms with E-state index in [0.29, 0.717) is 42.8 Å². The van der Waals surface area contributed by atoms with Crippen LogP contribution in [0, 0.1) is 6.92 Å². The van der Waals surface area contributed by atoms with Gasteiger partial charge in [0.1, 0.15) is 17.1 Å². The van der Waals surface area contributed by atoms with E-state index in [-0.39, 0.29) is 11.9 Å². The van der Waals surface area contributed by atoms with Crippen molar-refractivity contribution >= 4 is 34.8 Å². The molecule has 0 unspecified atom stereocenters. The lowest BCUT2D eigenvalue weighted by Crippen LogP contribution is -2.54. The van der Waals surface area contributed by atoms with Crippen molar-refractivity contribution in [3.8, 4) is 11.4 Å². The average molecular weight is 498 g/mol. The summed E-state index contributed by atoms with van der Waals surface area (Å²) in [7, 11) is 0. The Morgan fingerprint density at radius 1 is 1.09 bits per heavy atom. The Labute approximate surface area is 210 Å². The van der Waals surface area contributed by atoms with Crippen LogP contribution < -0.4 is 10.2 Å². The number of carbonyl (C=O) groups excluding carboxylic acids is 1. The topological polar surface area (TPSA) is 99.4 Å². The largest absolute Gasteiger partial charge is 0.381 e. The van der Waals surface area contributed by atoms with Gasteiger partial charge >= 0.3 is 0 Å². The van der Waals surface area contributed by atoms with Gasteiger partial charge in [-0.1, -0.05) is 11.6 Å². The molecule has 1 aliphatic rings. The fraction of sp³-hybridized carbons (Fsp3) is 0.440. The van der Waals surface area contributed by atoms with Crippen molar-refractivity contribution in [1.29, 1.82) is 0 Å². The minimum atomic E-state index is -1.34. The van der Waals surface area contributed by atoms with Crippen molar-refractivity contribution < 1.29 is 9.90 Å². The molecule has 1 aromatic carbocycles. The lowest BCUT2D eigenvalue weighted by molar-refractivity contribution is -0.148. The number of aliphatic hydroxyl groups is 1. The molecule has 2 aromatic heterocycles. The standard InChI is InChI=1S/C25H32ClN7O2/c1-16(2)33-17(3)27-15-21(33)22-20(26)14-28-24(30-22)29-18-6-8-19(9-7-18)31-10-12-32(13-11-31)23(34)25(4,5)35/h6-9,14-16,35H,10-13H2,1-5H3,(H,28,29,30). The van der Waals surface area contributed by atoms with Crippen molar-refractivity contribution in [1.82, 2.24) is 24.4 Å². The Balaban J connectivity index is 1.45. The third-order valence-corrected chi connectivity index (χ3v) is 6.34. The molecule has 0 atom stereocenters. The zero-order chi connectivity index (χ0) is 25.3. The Morgan fingerprint density at radius 2 is 1.74 bits per heavy atom. The molecule has 1 amide bonds. The minimum Gasteiger partial charge on any atom is -0.381 e. The van der Waals surface area contributed by atoms with Gasteiger partial charge in [-0.15, -0.1) is 0 Å². The van der Waals surface area contributed by atoms with Crippen LogP contribution in [0.15, 0.2) is 36.7 Å². The van der Waals surface area contributed by atoms with Gasteiger partial charge in [-0.25, -0.2) is 15.0 Å². The number of hydrogen-bond donors (Lipinski definition) is 2. The number of piperazine rings is 1. The molecule has 0 radical (unpaired) electrons. The summed E-state index contributed by atoms with van der Waals surface area (Å²) in [5.41, 5.74) is 2.07. The number of amides is 1. The van der Waals surface area contributed by atoms with Crippen molar-refractivity contribution in [3.63, 3.8) is 0 Å². The number of hydrogen-bond acceptors (Lipinski definition) is 7. The summed E-state index contributed by atoms with van der Waals surface area (Å²) in [6.07, 6.45) is 3.39. The fourth-order valence-corrected chi connectivity index (χ4v) is 4.51. The molecule has 2 N–H and O–H groups in total. The molecule has 3 heterocycles. The van der Waals surface area contributed by atoms with E-state index in [1.165, 1.54) is 13.8 Å². The highest BCUT2D eigenvalue weighted by atomic mass is 35.5. The molecule has 0 bridgehead atoms. The van der Waals surface area contributed by atoms with Crippen LogP contribution in [-0.4, -0.2) is 67.2 Å². The quantitative estimate of drug-likeness (QED) is 0.530. The van der Waals surface area contributed by atoms with Gasteiger partial charge in [0.25, 0.3) is 5.91 Å². The third kappa shape index (κ3) is 5.41. The van der Waals surface area contributed by atoms with Gasteiger partial charge in [0.05, 0.1) is 23.1 Å². The van der Waals surface area contributed by atoms with E-state index < -0.39 is 5.60 Å². The van der Waals surface area contributed by atoms with Gasteiger partial charge in [0, 0.05) is 43.6 Å². The second kappa shape index (κ2) is 9.83. The van der Waals surface area contributed by atoms with Crippen LogP contribution in [0.4, 0.5) is 17.3 Å². The highest BCUT2D eigenvalue weighted by Crippen LogP contribution is 2.30. The molecule has 9 nitrogen and oxygen atoms in total. The summed E-state index contributed by atoms with van der Waals surface area (Å²) in [5, 5.41) is 13.7. The fourth-order valence-electron chi connectivity index (χ4n) is 4.33. The normalized spacial score (nSPS) is 14.5. The molecule has 35 heavy (non-hydrogen) atoms. The molecule has 1 saturated heterocycles. The van der Waals surface area contributed by atoms with Gasteiger partial charge in [0.2, 0.25) is 5.95 Å². The number of imidazole rings is 1. The number of nitrogens with one attached hydrogen (secondary N) is 1. The van der Waals surface area contributed by atoms with Crippen LogP contribution in [0.1, 0.15) is 39.6 Å². The number of halogens is 1. The highest BCUT2D eigenvalue weighted by molar-refractivity contribution is 6.32. The second-order valence-electron chi connectivity index (χ2n) is 9.55. The van der Waals surface area contributed by atoms with Gasteiger partial charge in [0.15, 0.2) is 0 Å². The second-order valence-corrected chi connectivity index (χ2v) is 9.96. The summed E-state index contributed by atoms with van der Waals surface area (Å²) in [4.78, 5) is 29.7. The van der Waals surface area contributed by atoms with E-state index in [1.54, 1.807) is 17.3 Å². The van der Waals surface area contributed by atoms with Crippen molar-refractivity contribution in [3.05, 3.63) is 47.5 Å². The molecular weight excluding hydrogens is 466 g/mol. The molecule has 10 heteroatoms. The first-order chi connectivity index (χ1) is 16.5. The van der Waals surface area contributed by atoms with E-state index in [1.807, 2.05) is 31.2 Å². The predicted molar refractivity (Wildman–Crippen MR) is 138 cm³/mol. The molecule has 1 fully saturated rings. The number of rotatable bonds is 6. The van der Waals surface area contributed by atoms with Gasteiger partial charge in [-0.05, 0) is 58.9 Å². The third-order valence-electron chi connectivity index (χ3n) is 6.06. The molecule has 1 aliphatic heterocycles. The number of carbonyl (C=O) groups is 1. The van der Waals surface area contributed by atoms with Gasteiger partial charge in [-0.2, -0.15) is 0 Å². The van der Waals surface area contributed by atoms with Crippen molar-refractivity contribution in [2.75, 3.05) is 36.4 Å². The van der Waals surface area contributed by atoms with Gasteiger partial charge < -0.3 is 24.8 Å². The summed E-state index contributed by atoms with van der Waals surface area (Å²) in [6, 6.07) is 8.24. The maximum Gasteiger partial charge on any atom is 0.254 e. The van der Waals surface area contributed by atoms with Crippen LogP contribution in [0.25, 0.3) is 11.4 Å². The Bertz CT molecular complexity index is 1190. The zero-order valence-corrected chi connectivity index (χ0v) is 21.5. The number of aryl methyl sites for hydroxylation is 1. The highest BCUT2D eigenvalue weighted by Gasteiger charge is 2.31. The van der Waals surface area contributed by atoms with Crippen LogP contribution in [0.2, 0.25) is 5.02 Å². The number of anilines is 3. The van der Waals surface area contributed by atoms with Crippen LogP contribution in [-0.2, 0) is 4.79 Å². The smallest absolute Gasteiger partial charge is 0.254 e.